The van der Waals surface area contributed by atoms with Crippen LogP contribution in [-0.2, 0) is 0 Å². The number of piperidine rings is 1. The van der Waals surface area contributed by atoms with Gasteiger partial charge in [0.05, 0.1) is 6.07 Å². The van der Waals surface area contributed by atoms with Gasteiger partial charge in [-0.2, -0.15) is 5.26 Å². The first-order valence-corrected chi connectivity index (χ1v) is 6.08. The zero-order chi connectivity index (χ0) is 10.9. The highest BCUT2D eigenvalue weighted by atomic mass is 15.2. The summed E-state index contributed by atoms with van der Waals surface area (Å²) in [6.07, 6.45) is 4.59. The molecule has 2 heterocycles. The van der Waals surface area contributed by atoms with Crippen LogP contribution in [0.1, 0.15) is 39.5 Å². The molecule has 2 aliphatic rings. The van der Waals surface area contributed by atoms with E-state index in [0.29, 0.717) is 12.1 Å². The molecule has 0 radical (unpaired) electrons. The van der Waals surface area contributed by atoms with Crippen LogP contribution < -0.4 is 5.32 Å². The molecule has 3 heteroatoms. The van der Waals surface area contributed by atoms with Gasteiger partial charge in [-0.05, 0) is 46.1 Å². The third kappa shape index (κ3) is 2.16. The predicted octanol–water partition coefficient (Wildman–Crippen LogP) is 1.50. The maximum atomic E-state index is 9.38. The molecule has 2 aliphatic heterocycles. The van der Waals surface area contributed by atoms with E-state index in [1.807, 2.05) is 0 Å². The molecule has 0 aromatic rings. The van der Waals surface area contributed by atoms with Crippen molar-refractivity contribution in [1.29, 1.82) is 5.26 Å². The van der Waals surface area contributed by atoms with E-state index < -0.39 is 0 Å². The van der Waals surface area contributed by atoms with Crippen LogP contribution in [-0.4, -0.2) is 35.6 Å². The van der Waals surface area contributed by atoms with E-state index in [1.165, 1.54) is 19.4 Å². The van der Waals surface area contributed by atoms with E-state index in [1.54, 1.807) is 0 Å². The first-order chi connectivity index (χ1) is 7.15. The molecule has 2 unspecified atom stereocenters. The molecular formula is C12H21N3. The minimum absolute atomic E-state index is 0.250. The fourth-order valence-electron chi connectivity index (χ4n) is 3.08. The molecule has 0 amide bonds. The highest BCUT2D eigenvalue weighted by Gasteiger charge is 2.41. The Labute approximate surface area is 92.4 Å². The van der Waals surface area contributed by atoms with Gasteiger partial charge in [0, 0.05) is 18.6 Å². The Balaban J connectivity index is 2.05. The molecule has 15 heavy (non-hydrogen) atoms. The SMILES string of the molecule is CC(C)NC1(C#N)CCN2CCCC2C1. The van der Waals surface area contributed by atoms with E-state index in [4.69, 9.17) is 0 Å². The molecule has 2 fully saturated rings. The van der Waals surface area contributed by atoms with Crippen molar-refractivity contribution in [2.45, 2.75) is 57.2 Å². The molecule has 2 saturated heterocycles. The summed E-state index contributed by atoms with van der Waals surface area (Å²) in [5.74, 6) is 0. The first-order valence-electron chi connectivity index (χ1n) is 6.08. The van der Waals surface area contributed by atoms with E-state index >= 15 is 0 Å². The summed E-state index contributed by atoms with van der Waals surface area (Å²) in [6, 6.07) is 3.58. The third-order valence-corrected chi connectivity index (χ3v) is 3.69. The summed E-state index contributed by atoms with van der Waals surface area (Å²) < 4.78 is 0. The van der Waals surface area contributed by atoms with Crippen LogP contribution in [0.15, 0.2) is 0 Å². The topological polar surface area (TPSA) is 39.1 Å². The molecule has 0 aromatic heterocycles. The number of rotatable bonds is 2. The van der Waals surface area contributed by atoms with Gasteiger partial charge in [0.1, 0.15) is 5.54 Å². The average Bonchev–Trinajstić information content (AvgIpc) is 2.63. The number of fused-ring (bicyclic) bond motifs is 1. The van der Waals surface area contributed by atoms with Gasteiger partial charge in [0.15, 0.2) is 0 Å². The molecule has 84 valence electrons. The van der Waals surface area contributed by atoms with Crippen molar-refractivity contribution in [3.05, 3.63) is 0 Å². The zero-order valence-electron chi connectivity index (χ0n) is 9.79. The maximum absolute atomic E-state index is 9.38. The number of hydrogen-bond donors (Lipinski definition) is 1. The maximum Gasteiger partial charge on any atom is 0.109 e. The molecule has 2 rings (SSSR count). The molecule has 2 atom stereocenters. The lowest BCUT2D eigenvalue weighted by Crippen LogP contribution is -2.56. The van der Waals surface area contributed by atoms with E-state index in [2.05, 4.69) is 30.1 Å². The fourth-order valence-corrected chi connectivity index (χ4v) is 3.08. The monoisotopic (exact) mass is 207 g/mol. The number of nitrogens with one attached hydrogen (secondary N) is 1. The minimum Gasteiger partial charge on any atom is -0.300 e. The number of nitrogens with zero attached hydrogens (tertiary/aromatic N) is 2. The molecule has 0 bridgehead atoms. The van der Waals surface area contributed by atoms with Gasteiger partial charge in [0.25, 0.3) is 0 Å². The molecular weight excluding hydrogens is 186 g/mol. The smallest absolute Gasteiger partial charge is 0.109 e. The van der Waals surface area contributed by atoms with Gasteiger partial charge in [-0.25, -0.2) is 0 Å². The zero-order valence-corrected chi connectivity index (χ0v) is 9.79. The van der Waals surface area contributed by atoms with Crippen molar-refractivity contribution in [1.82, 2.24) is 10.2 Å². The second-order valence-corrected chi connectivity index (χ2v) is 5.28. The summed E-state index contributed by atoms with van der Waals surface area (Å²) in [5, 5.41) is 12.8. The van der Waals surface area contributed by atoms with Crippen molar-refractivity contribution in [3.8, 4) is 6.07 Å². The van der Waals surface area contributed by atoms with Crippen molar-refractivity contribution in [2.24, 2.45) is 0 Å². The number of nitriles is 1. The summed E-state index contributed by atoms with van der Waals surface area (Å²) in [6.45, 7) is 6.59. The largest absolute Gasteiger partial charge is 0.300 e. The van der Waals surface area contributed by atoms with Crippen LogP contribution in [0.5, 0.6) is 0 Å². The summed E-state index contributed by atoms with van der Waals surface area (Å²) in [4.78, 5) is 2.55. The fraction of sp³-hybridized carbons (Fsp3) is 0.917. The van der Waals surface area contributed by atoms with Gasteiger partial charge in [-0.15, -0.1) is 0 Å². The van der Waals surface area contributed by atoms with Crippen molar-refractivity contribution in [2.75, 3.05) is 13.1 Å². The van der Waals surface area contributed by atoms with Crippen LogP contribution in [0.4, 0.5) is 0 Å². The molecule has 0 spiro atoms. The van der Waals surface area contributed by atoms with Gasteiger partial charge in [-0.3, -0.25) is 5.32 Å². The van der Waals surface area contributed by atoms with E-state index in [0.717, 1.165) is 19.4 Å². The van der Waals surface area contributed by atoms with Crippen LogP contribution in [0.3, 0.4) is 0 Å². The highest BCUT2D eigenvalue weighted by Crippen LogP contribution is 2.32. The Morgan fingerprint density at radius 3 is 2.93 bits per heavy atom. The quantitative estimate of drug-likeness (QED) is 0.746. The second kappa shape index (κ2) is 4.11. The van der Waals surface area contributed by atoms with E-state index in [-0.39, 0.29) is 5.54 Å². The predicted molar refractivity (Wildman–Crippen MR) is 60.4 cm³/mol. The Morgan fingerprint density at radius 2 is 2.27 bits per heavy atom. The number of hydrogen-bond acceptors (Lipinski definition) is 3. The van der Waals surface area contributed by atoms with E-state index in [9.17, 15) is 5.26 Å². The Hall–Kier alpha value is -0.590. The van der Waals surface area contributed by atoms with Crippen molar-refractivity contribution < 1.29 is 0 Å². The summed E-state index contributed by atoms with van der Waals surface area (Å²) >= 11 is 0. The molecule has 0 aliphatic carbocycles. The molecule has 1 N–H and O–H groups in total. The second-order valence-electron chi connectivity index (χ2n) is 5.28. The highest BCUT2D eigenvalue weighted by molar-refractivity contribution is 5.13. The van der Waals surface area contributed by atoms with Crippen LogP contribution in [0, 0.1) is 11.3 Å². The first kappa shape index (κ1) is 10.9. The summed E-state index contributed by atoms with van der Waals surface area (Å²) in [7, 11) is 0. The van der Waals surface area contributed by atoms with Gasteiger partial charge < -0.3 is 4.90 Å². The standard InChI is InChI=1S/C12H21N3/c1-10(2)14-12(9-13)5-7-15-6-3-4-11(15)8-12/h10-11,14H,3-8H2,1-2H3. The normalized spacial score (nSPS) is 36.5. The lowest BCUT2D eigenvalue weighted by molar-refractivity contribution is 0.131. The van der Waals surface area contributed by atoms with Crippen molar-refractivity contribution >= 4 is 0 Å². The molecule has 3 nitrogen and oxygen atoms in total. The average molecular weight is 207 g/mol. The molecule has 0 aromatic carbocycles. The summed E-state index contributed by atoms with van der Waals surface area (Å²) in [5.41, 5.74) is -0.250. The molecule has 0 saturated carbocycles. The Kier molecular flexibility index (Phi) is 2.99. The van der Waals surface area contributed by atoms with Gasteiger partial charge in [-0.1, -0.05) is 0 Å². The van der Waals surface area contributed by atoms with Crippen molar-refractivity contribution in [3.63, 3.8) is 0 Å². The van der Waals surface area contributed by atoms with Crippen LogP contribution in [0.25, 0.3) is 0 Å². The Bertz CT molecular complexity index is 269. The van der Waals surface area contributed by atoms with Gasteiger partial charge in [0.2, 0.25) is 0 Å². The third-order valence-electron chi connectivity index (χ3n) is 3.69. The van der Waals surface area contributed by atoms with Crippen LogP contribution in [0.2, 0.25) is 0 Å². The minimum atomic E-state index is -0.250. The lowest BCUT2D eigenvalue weighted by Gasteiger charge is -2.41. The van der Waals surface area contributed by atoms with Gasteiger partial charge >= 0.3 is 0 Å². The van der Waals surface area contributed by atoms with Crippen LogP contribution >= 0.6 is 0 Å². The lowest BCUT2D eigenvalue weighted by atomic mass is 9.84. The Morgan fingerprint density at radius 1 is 1.47 bits per heavy atom.